The zero-order valence-corrected chi connectivity index (χ0v) is 14.4. The molecule has 0 aromatic heterocycles. The molecule has 0 aliphatic carbocycles. The van der Waals surface area contributed by atoms with Crippen LogP contribution in [0.25, 0.3) is 0 Å². The quantitative estimate of drug-likeness (QED) is 0.566. The number of rotatable bonds is 7. The van der Waals surface area contributed by atoms with Gasteiger partial charge in [0.2, 0.25) is 0 Å². The average molecular weight is 348 g/mol. The Morgan fingerprint density at radius 3 is 2.04 bits per heavy atom. The molecule has 0 fully saturated rings. The van der Waals surface area contributed by atoms with Crippen LogP contribution in [0.15, 0.2) is 65.6 Å². The lowest BCUT2D eigenvalue weighted by Gasteiger charge is -2.18. The van der Waals surface area contributed by atoms with E-state index in [1.165, 1.54) is 12.1 Å². The van der Waals surface area contributed by atoms with Crippen molar-refractivity contribution in [3.63, 3.8) is 0 Å². The summed E-state index contributed by atoms with van der Waals surface area (Å²) in [7, 11) is -3.83. The van der Waals surface area contributed by atoms with Crippen LogP contribution >= 0.6 is 0 Å². The van der Waals surface area contributed by atoms with E-state index in [2.05, 4.69) is 0 Å². The third-order valence-corrected chi connectivity index (χ3v) is 4.74. The summed E-state index contributed by atoms with van der Waals surface area (Å²) < 4.78 is 34.8. The molecule has 0 amide bonds. The Morgan fingerprint density at radius 2 is 1.46 bits per heavy atom. The largest absolute Gasteiger partial charge is 0.459 e. The van der Waals surface area contributed by atoms with Gasteiger partial charge >= 0.3 is 5.97 Å². The van der Waals surface area contributed by atoms with Gasteiger partial charge < -0.3 is 4.74 Å². The maximum Gasteiger partial charge on any atom is 0.338 e. The van der Waals surface area contributed by atoms with E-state index in [9.17, 15) is 13.2 Å². The minimum atomic E-state index is -3.83. The maximum atomic E-state index is 12.1. The number of carbonyl (C=O) groups excluding carboxylic acids is 1. The van der Waals surface area contributed by atoms with Crippen LogP contribution in [0.4, 0.5) is 0 Å². The van der Waals surface area contributed by atoms with Crippen molar-refractivity contribution in [2.75, 3.05) is 0 Å². The lowest BCUT2D eigenvalue weighted by atomic mass is 10.2. The molecule has 6 heteroatoms. The first-order chi connectivity index (χ1) is 11.4. The number of esters is 1. The highest BCUT2D eigenvalue weighted by atomic mass is 32.2. The van der Waals surface area contributed by atoms with Gasteiger partial charge in [-0.2, -0.15) is 8.42 Å². The van der Waals surface area contributed by atoms with Crippen molar-refractivity contribution in [1.29, 1.82) is 0 Å². The number of hydrogen-bond acceptors (Lipinski definition) is 5. The maximum absolute atomic E-state index is 12.1. The van der Waals surface area contributed by atoms with Crippen molar-refractivity contribution in [2.24, 2.45) is 0 Å². The third kappa shape index (κ3) is 5.18. The second-order valence-corrected chi connectivity index (χ2v) is 7.06. The molecule has 128 valence electrons. The Kier molecular flexibility index (Phi) is 6.11. The summed E-state index contributed by atoms with van der Waals surface area (Å²) in [6.07, 6.45) is -0.822. The van der Waals surface area contributed by atoms with Crippen molar-refractivity contribution < 1.29 is 22.1 Å². The molecular weight excluding hydrogens is 328 g/mol. The van der Waals surface area contributed by atoms with Crippen LogP contribution in [0.1, 0.15) is 30.6 Å². The fourth-order valence-electron chi connectivity index (χ4n) is 2.24. The monoisotopic (exact) mass is 348 g/mol. The van der Waals surface area contributed by atoms with Crippen molar-refractivity contribution in [1.82, 2.24) is 0 Å². The van der Waals surface area contributed by atoms with E-state index in [0.717, 1.165) is 0 Å². The first-order valence-electron chi connectivity index (χ1n) is 7.63. The molecule has 2 atom stereocenters. The number of carbonyl (C=O) groups is 1. The van der Waals surface area contributed by atoms with Gasteiger partial charge in [-0.25, -0.2) is 4.79 Å². The Balaban J connectivity index is 1.90. The second-order valence-electron chi connectivity index (χ2n) is 5.49. The van der Waals surface area contributed by atoms with Crippen LogP contribution in [-0.2, 0) is 19.0 Å². The molecule has 0 N–H and O–H groups in total. The van der Waals surface area contributed by atoms with E-state index in [4.69, 9.17) is 8.92 Å². The van der Waals surface area contributed by atoms with Crippen molar-refractivity contribution >= 4 is 16.1 Å². The van der Waals surface area contributed by atoms with E-state index >= 15 is 0 Å². The summed E-state index contributed by atoms with van der Waals surface area (Å²) in [6, 6.07) is 16.6. The molecule has 0 radical (unpaired) electrons. The minimum absolute atomic E-state index is 0.103. The zero-order valence-electron chi connectivity index (χ0n) is 13.6. The molecule has 0 spiro atoms. The van der Waals surface area contributed by atoms with Crippen LogP contribution in [0.3, 0.4) is 0 Å². The number of hydrogen-bond donors (Lipinski definition) is 0. The lowest BCUT2D eigenvalue weighted by Crippen LogP contribution is -2.23. The topological polar surface area (TPSA) is 69.7 Å². The Labute approximate surface area is 142 Å². The molecule has 24 heavy (non-hydrogen) atoms. The van der Waals surface area contributed by atoms with Crippen molar-refractivity contribution in [3.8, 4) is 0 Å². The Bertz CT molecular complexity index is 757. The predicted molar refractivity (Wildman–Crippen MR) is 90.1 cm³/mol. The van der Waals surface area contributed by atoms with Gasteiger partial charge in [0.25, 0.3) is 10.1 Å². The molecule has 0 aliphatic rings. The van der Waals surface area contributed by atoms with Gasteiger partial charge in [-0.3, -0.25) is 4.18 Å². The van der Waals surface area contributed by atoms with Crippen molar-refractivity contribution in [3.05, 3.63) is 66.2 Å². The molecular formula is C18H20O5S. The highest BCUT2D eigenvalue weighted by Gasteiger charge is 2.22. The highest BCUT2D eigenvalue weighted by Crippen LogP contribution is 2.17. The average Bonchev–Trinajstić information content (AvgIpc) is 2.55. The zero-order chi connectivity index (χ0) is 17.6. The molecule has 2 unspecified atom stereocenters. The standard InChI is InChI=1S/C18H20O5S/c1-14(22-18(19)16-9-5-3-6-10-16)13-15(2)23-24(20,21)17-11-7-4-8-12-17/h3-12,14-15H,13H2,1-2H3. The van der Waals surface area contributed by atoms with Crippen LogP contribution in [0, 0.1) is 0 Å². The van der Waals surface area contributed by atoms with Crippen LogP contribution in [0.2, 0.25) is 0 Å². The fourth-order valence-corrected chi connectivity index (χ4v) is 3.35. The summed E-state index contributed by atoms with van der Waals surface area (Å²) in [5, 5.41) is 0. The fraction of sp³-hybridized carbons (Fsp3) is 0.278. The SMILES string of the molecule is CC(CC(C)OS(=O)(=O)c1ccccc1)OC(=O)c1ccccc1. The first-order valence-corrected chi connectivity index (χ1v) is 9.03. The summed E-state index contributed by atoms with van der Waals surface area (Å²) in [5.41, 5.74) is 0.454. The van der Waals surface area contributed by atoms with Crippen LogP contribution in [-0.4, -0.2) is 26.6 Å². The minimum Gasteiger partial charge on any atom is -0.459 e. The molecule has 0 heterocycles. The third-order valence-electron chi connectivity index (χ3n) is 3.30. The van der Waals surface area contributed by atoms with E-state index in [-0.39, 0.29) is 11.3 Å². The van der Waals surface area contributed by atoms with Crippen molar-refractivity contribution in [2.45, 2.75) is 37.4 Å². The normalized spacial score (nSPS) is 13.9. The molecule has 0 saturated heterocycles. The predicted octanol–water partition coefficient (Wildman–Crippen LogP) is 3.42. The summed E-state index contributed by atoms with van der Waals surface area (Å²) in [4.78, 5) is 12.1. The molecule has 2 rings (SSSR count). The van der Waals surface area contributed by atoms with E-state index in [0.29, 0.717) is 5.56 Å². The number of ether oxygens (including phenoxy) is 1. The van der Waals surface area contributed by atoms with Gasteiger partial charge in [0.1, 0.15) is 6.10 Å². The first kappa shape index (κ1) is 18.2. The van der Waals surface area contributed by atoms with Crippen LogP contribution in [0.5, 0.6) is 0 Å². The van der Waals surface area contributed by atoms with Gasteiger partial charge in [-0.15, -0.1) is 0 Å². The molecule has 0 aliphatic heterocycles. The van der Waals surface area contributed by atoms with Gasteiger partial charge in [0, 0.05) is 6.42 Å². The molecule has 2 aromatic carbocycles. The smallest absolute Gasteiger partial charge is 0.338 e. The highest BCUT2D eigenvalue weighted by molar-refractivity contribution is 7.86. The Hall–Kier alpha value is -2.18. The van der Waals surface area contributed by atoms with Crippen LogP contribution < -0.4 is 0 Å². The van der Waals surface area contributed by atoms with E-state index in [1.807, 2.05) is 6.07 Å². The van der Waals surface area contributed by atoms with Gasteiger partial charge in [-0.1, -0.05) is 36.4 Å². The molecule has 0 bridgehead atoms. The number of benzene rings is 2. The van der Waals surface area contributed by atoms with Gasteiger partial charge in [0.15, 0.2) is 0 Å². The van der Waals surface area contributed by atoms with Gasteiger partial charge in [0.05, 0.1) is 16.6 Å². The molecule has 5 nitrogen and oxygen atoms in total. The lowest BCUT2D eigenvalue weighted by molar-refractivity contribution is 0.0249. The molecule has 0 saturated carbocycles. The van der Waals surface area contributed by atoms with E-state index < -0.39 is 28.3 Å². The summed E-state index contributed by atoms with van der Waals surface area (Å²) in [5.74, 6) is -0.443. The van der Waals surface area contributed by atoms with E-state index in [1.54, 1.807) is 56.3 Å². The second kappa shape index (κ2) is 8.08. The Morgan fingerprint density at radius 1 is 0.917 bits per heavy atom. The molecule has 2 aromatic rings. The summed E-state index contributed by atoms with van der Waals surface area (Å²) >= 11 is 0. The summed E-state index contributed by atoms with van der Waals surface area (Å²) in [6.45, 7) is 3.34. The van der Waals surface area contributed by atoms with Gasteiger partial charge in [-0.05, 0) is 38.1 Å².